The largest absolute Gasteiger partial charge is 0.508 e. The molecule has 2 aliphatic heterocycles. The van der Waals surface area contributed by atoms with Crippen LogP contribution in [-0.2, 0) is 19.5 Å². The molecule has 0 fully saturated rings. The maximum absolute atomic E-state index is 13.1. The fourth-order valence-electron chi connectivity index (χ4n) is 4.45. The predicted octanol–water partition coefficient (Wildman–Crippen LogP) is 3.85. The lowest BCUT2D eigenvalue weighted by Gasteiger charge is -2.30. The fraction of sp³-hybridized carbons (Fsp3) is 0.200. The number of fused-ring (bicyclic) bond motifs is 2. The van der Waals surface area contributed by atoms with E-state index >= 15 is 0 Å². The number of anilines is 1. The number of rotatable bonds is 2. The van der Waals surface area contributed by atoms with Gasteiger partial charge in [-0.3, -0.25) is 9.59 Å². The van der Waals surface area contributed by atoms with Gasteiger partial charge >= 0.3 is 0 Å². The second-order valence-electron chi connectivity index (χ2n) is 8.04. The van der Waals surface area contributed by atoms with Crippen LogP contribution < -0.4 is 4.90 Å². The van der Waals surface area contributed by atoms with Crippen LogP contribution in [0.25, 0.3) is 0 Å². The Kier molecular flexibility index (Phi) is 4.62. The highest BCUT2D eigenvalue weighted by molar-refractivity contribution is 6.09. The second-order valence-corrected chi connectivity index (χ2v) is 8.04. The maximum atomic E-state index is 13.1. The van der Waals surface area contributed by atoms with Gasteiger partial charge in [0.05, 0.1) is 5.56 Å². The van der Waals surface area contributed by atoms with Crippen LogP contribution in [0.3, 0.4) is 0 Å². The van der Waals surface area contributed by atoms with Gasteiger partial charge < -0.3 is 20.0 Å². The number of carbonyl (C=O) groups excluding carboxylic acids is 2. The number of nitrogens with zero attached hydrogens (tertiary/aromatic N) is 2. The van der Waals surface area contributed by atoms with Crippen LogP contribution in [0, 0.1) is 0 Å². The summed E-state index contributed by atoms with van der Waals surface area (Å²) in [6.45, 7) is 1.74. The Morgan fingerprint density at radius 2 is 1.55 bits per heavy atom. The lowest BCUT2D eigenvalue weighted by atomic mass is 9.97. The van der Waals surface area contributed by atoms with E-state index in [-0.39, 0.29) is 28.9 Å². The third-order valence-electron chi connectivity index (χ3n) is 6.03. The molecule has 5 rings (SSSR count). The van der Waals surface area contributed by atoms with Crippen LogP contribution in [0.5, 0.6) is 11.5 Å². The number of carbonyl (C=O) groups is 2. The predicted molar refractivity (Wildman–Crippen MR) is 116 cm³/mol. The zero-order valence-corrected chi connectivity index (χ0v) is 16.9. The Labute approximate surface area is 180 Å². The highest BCUT2D eigenvalue weighted by Crippen LogP contribution is 2.33. The summed E-state index contributed by atoms with van der Waals surface area (Å²) in [6.07, 6.45) is 1.55. The Balaban J connectivity index is 1.40. The molecule has 2 N–H and O–H groups in total. The van der Waals surface area contributed by atoms with Crippen molar-refractivity contribution in [2.24, 2.45) is 0 Å². The lowest BCUT2D eigenvalue weighted by molar-refractivity contribution is 0.0751. The van der Waals surface area contributed by atoms with E-state index in [9.17, 15) is 19.8 Å². The molecule has 0 saturated heterocycles. The van der Waals surface area contributed by atoms with Crippen molar-refractivity contribution in [3.63, 3.8) is 0 Å². The van der Waals surface area contributed by atoms with Gasteiger partial charge in [-0.1, -0.05) is 24.3 Å². The summed E-state index contributed by atoms with van der Waals surface area (Å²) < 4.78 is 0. The first kappa shape index (κ1) is 19.2. The van der Waals surface area contributed by atoms with E-state index in [1.165, 1.54) is 23.3 Å². The number of hydrogen-bond donors (Lipinski definition) is 2. The molecule has 0 aliphatic carbocycles. The maximum Gasteiger partial charge on any atom is 0.262 e. The van der Waals surface area contributed by atoms with E-state index in [0.29, 0.717) is 25.2 Å². The first-order valence-electron chi connectivity index (χ1n) is 10.3. The highest BCUT2D eigenvalue weighted by atomic mass is 16.3. The van der Waals surface area contributed by atoms with E-state index in [2.05, 4.69) is 12.1 Å². The number of benzene rings is 3. The Hall–Kier alpha value is -3.80. The number of hydrogen-bond acceptors (Lipinski definition) is 4. The molecule has 6 heteroatoms. The summed E-state index contributed by atoms with van der Waals surface area (Å²) >= 11 is 0. The van der Waals surface area contributed by atoms with Crippen molar-refractivity contribution in [2.75, 3.05) is 11.4 Å². The summed E-state index contributed by atoms with van der Waals surface area (Å²) in [6, 6.07) is 17.5. The van der Waals surface area contributed by atoms with Crippen LogP contribution in [0.4, 0.5) is 5.69 Å². The topological polar surface area (TPSA) is 81.1 Å². The molecule has 3 aromatic rings. The molecule has 2 heterocycles. The normalized spacial score (nSPS) is 14.8. The fourth-order valence-corrected chi connectivity index (χ4v) is 4.45. The molecule has 31 heavy (non-hydrogen) atoms. The van der Waals surface area contributed by atoms with E-state index in [1.54, 1.807) is 11.0 Å². The molecule has 0 unspecified atom stereocenters. The van der Waals surface area contributed by atoms with Crippen molar-refractivity contribution in [3.8, 4) is 11.5 Å². The quantitative estimate of drug-likeness (QED) is 0.668. The molecule has 0 radical (unpaired) electrons. The molecule has 0 aromatic heterocycles. The molecule has 2 amide bonds. The smallest absolute Gasteiger partial charge is 0.262 e. The van der Waals surface area contributed by atoms with Crippen LogP contribution in [0.2, 0.25) is 0 Å². The molecule has 0 bridgehead atoms. The molecule has 0 spiro atoms. The van der Waals surface area contributed by atoms with Crippen LogP contribution >= 0.6 is 0 Å². The molecule has 6 nitrogen and oxygen atoms in total. The van der Waals surface area contributed by atoms with Gasteiger partial charge in [-0.15, -0.1) is 0 Å². The Bertz CT molecular complexity index is 1180. The zero-order chi connectivity index (χ0) is 21.5. The Morgan fingerprint density at radius 1 is 0.806 bits per heavy atom. The molecular weight excluding hydrogens is 392 g/mol. The third kappa shape index (κ3) is 3.40. The second kappa shape index (κ2) is 7.47. The molecule has 3 aromatic carbocycles. The van der Waals surface area contributed by atoms with E-state index in [1.807, 2.05) is 29.2 Å². The minimum atomic E-state index is -0.326. The van der Waals surface area contributed by atoms with Crippen LogP contribution in [0.15, 0.2) is 60.7 Å². The third-order valence-corrected chi connectivity index (χ3v) is 6.03. The Morgan fingerprint density at radius 3 is 2.26 bits per heavy atom. The average molecular weight is 414 g/mol. The van der Waals surface area contributed by atoms with Crippen LogP contribution in [0.1, 0.15) is 43.8 Å². The van der Waals surface area contributed by atoms with Crippen LogP contribution in [-0.4, -0.2) is 33.5 Å². The SMILES string of the molecule is O=C(c1ccc2c(c1)CCCN2C(=O)c1ccc(O)cc1O)N1Cc2ccccc2C1. The van der Waals surface area contributed by atoms with Gasteiger partial charge in [0.25, 0.3) is 11.8 Å². The lowest BCUT2D eigenvalue weighted by Crippen LogP contribution is -2.35. The summed E-state index contributed by atoms with van der Waals surface area (Å²) in [4.78, 5) is 29.6. The summed E-state index contributed by atoms with van der Waals surface area (Å²) in [7, 11) is 0. The first-order chi connectivity index (χ1) is 15.0. The van der Waals surface area contributed by atoms with E-state index in [4.69, 9.17) is 0 Å². The number of phenols is 2. The monoisotopic (exact) mass is 414 g/mol. The van der Waals surface area contributed by atoms with Crippen molar-refractivity contribution >= 4 is 17.5 Å². The molecule has 2 aliphatic rings. The minimum Gasteiger partial charge on any atom is -0.508 e. The molecule has 0 saturated carbocycles. The van der Waals surface area contributed by atoms with Crippen molar-refractivity contribution < 1.29 is 19.8 Å². The van der Waals surface area contributed by atoms with E-state index in [0.717, 1.165) is 30.2 Å². The molecule has 0 atom stereocenters. The van der Waals surface area contributed by atoms with Gasteiger partial charge in [-0.05, 0) is 59.9 Å². The molecule has 156 valence electrons. The van der Waals surface area contributed by atoms with E-state index < -0.39 is 0 Å². The van der Waals surface area contributed by atoms with Gasteiger partial charge in [0, 0.05) is 37.0 Å². The summed E-state index contributed by atoms with van der Waals surface area (Å²) in [5, 5.41) is 19.6. The van der Waals surface area contributed by atoms with Gasteiger partial charge in [0.15, 0.2) is 0 Å². The number of aryl methyl sites for hydroxylation is 1. The van der Waals surface area contributed by atoms with Crippen molar-refractivity contribution in [1.29, 1.82) is 0 Å². The van der Waals surface area contributed by atoms with Crippen molar-refractivity contribution in [2.45, 2.75) is 25.9 Å². The van der Waals surface area contributed by atoms with Gasteiger partial charge in [0.1, 0.15) is 11.5 Å². The standard InChI is InChI=1S/C25H22N2O4/c28-20-8-9-21(23(29)13-20)25(31)27-11-3-6-16-12-17(7-10-22(16)27)24(30)26-14-18-4-1-2-5-19(18)15-26/h1-2,4-5,7-10,12-13,28-29H,3,6,11,14-15H2. The van der Waals surface area contributed by atoms with Crippen molar-refractivity contribution in [3.05, 3.63) is 88.5 Å². The highest BCUT2D eigenvalue weighted by Gasteiger charge is 2.28. The summed E-state index contributed by atoms with van der Waals surface area (Å²) in [5.41, 5.74) is 4.82. The zero-order valence-electron chi connectivity index (χ0n) is 16.9. The summed E-state index contributed by atoms with van der Waals surface area (Å²) in [5.74, 6) is -0.691. The number of amides is 2. The number of aromatic hydroxyl groups is 2. The average Bonchev–Trinajstić information content (AvgIpc) is 3.21. The van der Waals surface area contributed by atoms with Gasteiger partial charge in [0.2, 0.25) is 0 Å². The van der Waals surface area contributed by atoms with Gasteiger partial charge in [-0.2, -0.15) is 0 Å². The molecular formula is C25H22N2O4. The first-order valence-corrected chi connectivity index (χ1v) is 10.3. The minimum absolute atomic E-state index is 0.0152. The van der Waals surface area contributed by atoms with Crippen molar-refractivity contribution in [1.82, 2.24) is 4.90 Å². The number of phenolic OH excluding ortho intramolecular Hbond substituents is 2. The van der Waals surface area contributed by atoms with Gasteiger partial charge in [-0.25, -0.2) is 0 Å².